The van der Waals surface area contributed by atoms with Crippen LogP contribution in [0.4, 0.5) is 0 Å². The topological polar surface area (TPSA) is 65.0 Å². The lowest BCUT2D eigenvalue weighted by molar-refractivity contribution is 0.0694. The Balaban J connectivity index is 2.36. The van der Waals surface area contributed by atoms with E-state index in [1.165, 1.54) is 12.1 Å². The molecule has 0 aliphatic carbocycles. The van der Waals surface area contributed by atoms with E-state index in [0.717, 1.165) is 5.56 Å². The van der Waals surface area contributed by atoms with Crippen molar-refractivity contribution in [2.24, 2.45) is 0 Å². The molecule has 0 fully saturated rings. The van der Waals surface area contributed by atoms with Crippen molar-refractivity contribution in [3.63, 3.8) is 0 Å². The van der Waals surface area contributed by atoms with Crippen LogP contribution in [0.25, 0.3) is 0 Å². The molecule has 1 atom stereocenters. The summed E-state index contributed by atoms with van der Waals surface area (Å²) in [5, 5.41) is 9.29. The second-order valence-electron chi connectivity index (χ2n) is 5.39. The smallest absolute Gasteiger partial charge is 0.335 e. The predicted octanol–water partition coefficient (Wildman–Crippen LogP) is 3.21. The first-order chi connectivity index (χ1) is 12.0. The van der Waals surface area contributed by atoms with E-state index < -0.39 is 5.97 Å². The van der Waals surface area contributed by atoms with Crippen LogP contribution in [0.15, 0.2) is 42.5 Å². The summed E-state index contributed by atoms with van der Waals surface area (Å²) in [6, 6.07) is 12.1. The van der Waals surface area contributed by atoms with E-state index in [4.69, 9.17) is 14.2 Å². The first-order valence-electron chi connectivity index (χ1n) is 7.72. The van der Waals surface area contributed by atoms with Crippen molar-refractivity contribution < 1.29 is 24.1 Å². The minimum atomic E-state index is -1.04. The van der Waals surface area contributed by atoms with Crippen LogP contribution in [-0.2, 0) is 4.74 Å². The Bertz CT molecular complexity index is 801. The maximum Gasteiger partial charge on any atom is 0.335 e. The van der Waals surface area contributed by atoms with Crippen molar-refractivity contribution in [1.29, 1.82) is 0 Å². The van der Waals surface area contributed by atoms with Gasteiger partial charge in [0.2, 0.25) is 0 Å². The standard InChI is InChI=1S/C20H20O5/c1-14(13-23-2)25-18-11-15(10-17(12-18)20(21)22)8-9-16-6-4-5-7-19(16)24-3/h4-7,10-12,14H,13H2,1-3H3,(H,21,22)/t14-/m0/s1. The first kappa shape index (κ1) is 18.4. The average molecular weight is 340 g/mol. The summed E-state index contributed by atoms with van der Waals surface area (Å²) < 4.78 is 16.0. The molecule has 0 radical (unpaired) electrons. The molecule has 0 heterocycles. The molecule has 5 nitrogen and oxygen atoms in total. The summed E-state index contributed by atoms with van der Waals surface area (Å²) in [4.78, 5) is 11.3. The number of para-hydroxylation sites is 1. The Hall–Kier alpha value is -2.97. The number of methoxy groups -OCH3 is 2. The van der Waals surface area contributed by atoms with Crippen LogP contribution in [0.1, 0.15) is 28.4 Å². The molecule has 1 N–H and O–H groups in total. The van der Waals surface area contributed by atoms with Gasteiger partial charge in [-0.1, -0.05) is 24.0 Å². The molecule has 2 rings (SSSR count). The number of aromatic carboxylic acids is 1. The van der Waals surface area contributed by atoms with E-state index in [0.29, 0.717) is 23.7 Å². The number of benzene rings is 2. The van der Waals surface area contributed by atoms with Crippen LogP contribution < -0.4 is 9.47 Å². The molecule has 25 heavy (non-hydrogen) atoms. The third-order valence-corrected chi connectivity index (χ3v) is 3.34. The number of hydrogen-bond acceptors (Lipinski definition) is 4. The maximum atomic E-state index is 11.3. The summed E-state index contributed by atoms with van der Waals surface area (Å²) in [6.07, 6.45) is -0.205. The second-order valence-corrected chi connectivity index (χ2v) is 5.39. The van der Waals surface area contributed by atoms with Crippen LogP contribution in [0, 0.1) is 11.8 Å². The van der Waals surface area contributed by atoms with E-state index >= 15 is 0 Å². The van der Waals surface area contributed by atoms with Crippen molar-refractivity contribution in [3.05, 3.63) is 59.2 Å². The van der Waals surface area contributed by atoms with Crippen LogP contribution in [-0.4, -0.2) is 38.0 Å². The molecule has 0 saturated carbocycles. The van der Waals surface area contributed by atoms with E-state index in [1.807, 2.05) is 31.2 Å². The van der Waals surface area contributed by atoms with Gasteiger partial charge in [-0.25, -0.2) is 4.79 Å². The minimum Gasteiger partial charge on any atom is -0.495 e. The third kappa shape index (κ3) is 5.27. The third-order valence-electron chi connectivity index (χ3n) is 3.34. The van der Waals surface area contributed by atoms with Gasteiger partial charge in [0.25, 0.3) is 0 Å². The lowest BCUT2D eigenvalue weighted by Crippen LogP contribution is -2.18. The number of carboxylic acid groups (broad SMARTS) is 1. The van der Waals surface area contributed by atoms with Crippen molar-refractivity contribution in [3.8, 4) is 23.3 Å². The Morgan fingerprint density at radius 3 is 2.60 bits per heavy atom. The highest BCUT2D eigenvalue weighted by atomic mass is 16.5. The van der Waals surface area contributed by atoms with Crippen molar-refractivity contribution in [2.45, 2.75) is 13.0 Å². The highest BCUT2D eigenvalue weighted by Gasteiger charge is 2.10. The van der Waals surface area contributed by atoms with Crippen LogP contribution in [0.2, 0.25) is 0 Å². The summed E-state index contributed by atoms with van der Waals surface area (Å²) in [6.45, 7) is 2.25. The molecule has 0 saturated heterocycles. The van der Waals surface area contributed by atoms with E-state index in [-0.39, 0.29) is 11.7 Å². The zero-order valence-electron chi connectivity index (χ0n) is 14.4. The Labute approximate surface area is 147 Å². The van der Waals surface area contributed by atoms with Crippen LogP contribution in [0.5, 0.6) is 11.5 Å². The average Bonchev–Trinajstić information content (AvgIpc) is 2.60. The largest absolute Gasteiger partial charge is 0.495 e. The molecule has 130 valence electrons. The molecule has 0 spiro atoms. The zero-order chi connectivity index (χ0) is 18.2. The first-order valence-corrected chi connectivity index (χ1v) is 7.72. The zero-order valence-corrected chi connectivity index (χ0v) is 14.4. The fraction of sp³-hybridized carbons (Fsp3) is 0.250. The Morgan fingerprint density at radius 1 is 1.16 bits per heavy atom. The molecule has 0 aromatic heterocycles. The Kier molecular flexibility index (Phi) is 6.44. The molecule has 0 aliphatic rings. The fourth-order valence-electron chi connectivity index (χ4n) is 2.25. The number of carboxylic acids is 1. The second kappa shape index (κ2) is 8.76. The van der Waals surface area contributed by atoms with Crippen LogP contribution >= 0.6 is 0 Å². The Morgan fingerprint density at radius 2 is 1.92 bits per heavy atom. The predicted molar refractivity (Wildman–Crippen MR) is 94.3 cm³/mol. The lowest BCUT2D eigenvalue weighted by atomic mass is 10.1. The number of ether oxygens (including phenoxy) is 3. The van der Waals surface area contributed by atoms with E-state index in [1.54, 1.807) is 20.3 Å². The molecule has 5 heteroatoms. The molecule has 0 bridgehead atoms. The number of hydrogen-bond donors (Lipinski definition) is 1. The molecule has 0 aliphatic heterocycles. The lowest BCUT2D eigenvalue weighted by Gasteiger charge is -2.14. The maximum absolute atomic E-state index is 11.3. The van der Waals surface area contributed by atoms with Gasteiger partial charge in [-0.3, -0.25) is 0 Å². The van der Waals surface area contributed by atoms with Gasteiger partial charge >= 0.3 is 5.97 Å². The molecular weight excluding hydrogens is 320 g/mol. The molecule has 2 aromatic carbocycles. The molecule has 0 amide bonds. The molecule has 0 unspecified atom stereocenters. The van der Waals surface area contributed by atoms with Crippen molar-refractivity contribution in [1.82, 2.24) is 0 Å². The number of rotatable bonds is 6. The minimum absolute atomic E-state index is 0.117. The van der Waals surface area contributed by atoms with Gasteiger partial charge in [0.05, 0.1) is 24.8 Å². The van der Waals surface area contributed by atoms with Gasteiger partial charge in [0.1, 0.15) is 17.6 Å². The monoisotopic (exact) mass is 340 g/mol. The van der Waals surface area contributed by atoms with E-state index in [9.17, 15) is 9.90 Å². The molecular formula is C20H20O5. The highest BCUT2D eigenvalue weighted by Crippen LogP contribution is 2.20. The molecule has 2 aromatic rings. The van der Waals surface area contributed by atoms with Gasteiger partial charge in [-0.2, -0.15) is 0 Å². The fourth-order valence-corrected chi connectivity index (χ4v) is 2.25. The van der Waals surface area contributed by atoms with Crippen molar-refractivity contribution >= 4 is 5.97 Å². The quantitative estimate of drug-likeness (QED) is 0.818. The van der Waals surface area contributed by atoms with Gasteiger partial charge in [0, 0.05) is 12.7 Å². The van der Waals surface area contributed by atoms with Gasteiger partial charge in [0.15, 0.2) is 0 Å². The highest BCUT2D eigenvalue weighted by molar-refractivity contribution is 5.88. The summed E-state index contributed by atoms with van der Waals surface area (Å²) in [7, 11) is 3.16. The van der Waals surface area contributed by atoms with Gasteiger partial charge in [-0.05, 0) is 37.3 Å². The van der Waals surface area contributed by atoms with Gasteiger partial charge < -0.3 is 19.3 Å². The summed E-state index contributed by atoms with van der Waals surface area (Å²) in [5.41, 5.74) is 1.39. The number of carbonyl (C=O) groups is 1. The summed E-state index contributed by atoms with van der Waals surface area (Å²) >= 11 is 0. The van der Waals surface area contributed by atoms with Crippen LogP contribution in [0.3, 0.4) is 0 Å². The summed E-state index contributed by atoms with van der Waals surface area (Å²) in [5.74, 6) is 6.04. The van der Waals surface area contributed by atoms with Gasteiger partial charge in [-0.15, -0.1) is 0 Å². The normalized spacial score (nSPS) is 11.2. The van der Waals surface area contributed by atoms with Crippen molar-refractivity contribution in [2.75, 3.05) is 20.8 Å². The SMILES string of the molecule is COC[C@H](C)Oc1cc(C#Cc2ccccc2OC)cc(C(=O)O)c1. The van der Waals surface area contributed by atoms with E-state index in [2.05, 4.69) is 11.8 Å².